The number of nitrogens with one attached hydrogen (secondary N) is 1. The average molecular weight is 353 g/mol. The standard InChI is InChI=1S/C18H15N3O3S/c1-11-6-8-13(9-7-11)16-12(2)25-18(19-16)20-17(22)14-4-3-5-15(10-14)21(23)24/h3-10H,1-2H3,(H,19,20,22). The largest absolute Gasteiger partial charge is 0.298 e. The minimum absolute atomic E-state index is 0.122. The van der Waals surface area contributed by atoms with E-state index in [9.17, 15) is 14.9 Å². The van der Waals surface area contributed by atoms with Gasteiger partial charge in [0.05, 0.1) is 10.6 Å². The van der Waals surface area contributed by atoms with Crippen molar-refractivity contribution in [2.75, 3.05) is 5.32 Å². The highest BCUT2D eigenvalue weighted by atomic mass is 32.1. The van der Waals surface area contributed by atoms with Crippen molar-refractivity contribution in [1.82, 2.24) is 4.98 Å². The molecule has 7 heteroatoms. The maximum atomic E-state index is 12.3. The van der Waals surface area contributed by atoms with Crippen LogP contribution in [0.15, 0.2) is 48.5 Å². The molecule has 0 aliphatic heterocycles. The molecule has 0 saturated heterocycles. The van der Waals surface area contributed by atoms with E-state index in [1.807, 2.05) is 38.1 Å². The van der Waals surface area contributed by atoms with E-state index in [0.29, 0.717) is 5.13 Å². The Labute approximate surface area is 148 Å². The fraction of sp³-hybridized carbons (Fsp3) is 0.111. The van der Waals surface area contributed by atoms with E-state index in [1.165, 1.54) is 35.6 Å². The molecule has 3 rings (SSSR count). The number of carbonyl (C=O) groups excluding carboxylic acids is 1. The predicted molar refractivity (Wildman–Crippen MR) is 98.1 cm³/mol. The molecular weight excluding hydrogens is 338 g/mol. The molecule has 0 saturated carbocycles. The molecule has 0 aliphatic carbocycles. The number of aryl methyl sites for hydroxylation is 2. The monoisotopic (exact) mass is 353 g/mol. The highest BCUT2D eigenvalue weighted by Crippen LogP contribution is 2.30. The molecule has 0 fully saturated rings. The molecule has 126 valence electrons. The van der Waals surface area contributed by atoms with Gasteiger partial charge in [-0.3, -0.25) is 20.2 Å². The summed E-state index contributed by atoms with van der Waals surface area (Å²) < 4.78 is 0. The lowest BCUT2D eigenvalue weighted by molar-refractivity contribution is -0.384. The Morgan fingerprint density at radius 2 is 1.88 bits per heavy atom. The summed E-state index contributed by atoms with van der Waals surface area (Å²) in [6.45, 7) is 3.96. The van der Waals surface area contributed by atoms with Crippen LogP contribution < -0.4 is 5.32 Å². The number of rotatable bonds is 4. The zero-order chi connectivity index (χ0) is 18.0. The highest BCUT2D eigenvalue weighted by Gasteiger charge is 2.15. The van der Waals surface area contributed by atoms with Crippen LogP contribution in [0.3, 0.4) is 0 Å². The van der Waals surface area contributed by atoms with Gasteiger partial charge in [-0.15, -0.1) is 11.3 Å². The Morgan fingerprint density at radius 3 is 2.56 bits per heavy atom. The predicted octanol–water partition coefficient (Wildman–Crippen LogP) is 4.59. The summed E-state index contributed by atoms with van der Waals surface area (Å²) in [4.78, 5) is 28.1. The summed E-state index contributed by atoms with van der Waals surface area (Å²) in [7, 11) is 0. The van der Waals surface area contributed by atoms with E-state index in [2.05, 4.69) is 10.3 Å². The topological polar surface area (TPSA) is 85.1 Å². The first-order valence-corrected chi connectivity index (χ1v) is 8.36. The molecule has 0 radical (unpaired) electrons. The highest BCUT2D eigenvalue weighted by molar-refractivity contribution is 7.16. The van der Waals surface area contributed by atoms with Gasteiger partial charge in [-0.2, -0.15) is 0 Å². The summed E-state index contributed by atoms with van der Waals surface area (Å²) in [6.07, 6.45) is 0. The van der Waals surface area contributed by atoms with Crippen molar-refractivity contribution < 1.29 is 9.72 Å². The molecule has 1 amide bonds. The zero-order valence-corrected chi connectivity index (χ0v) is 14.5. The SMILES string of the molecule is Cc1ccc(-c2nc(NC(=O)c3cccc([N+](=O)[O-])c3)sc2C)cc1. The minimum Gasteiger partial charge on any atom is -0.298 e. The van der Waals surface area contributed by atoms with Crippen molar-refractivity contribution >= 4 is 28.1 Å². The molecule has 1 aromatic heterocycles. The Kier molecular flexibility index (Phi) is 4.58. The maximum absolute atomic E-state index is 12.3. The second-order valence-electron chi connectivity index (χ2n) is 5.55. The van der Waals surface area contributed by atoms with E-state index < -0.39 is 10.8 Å². The number of anilines is 1. The van der Waals surface area contributed by atoms with E-state index in [-0.39, 0.29) is 11.3 Å². The van der Waals surface area contributed by atoms with Crippen LogP contribution in [0.4, 0.5) is 10.8 Å². The molecule has 6 nitrogen and oxygen atoms in total. The summed E-state index contributed by atoms with van der Waals surface area (Å²) in [5.74, 6) is -0.423. The van der Waals surface area contributed by atoms with Gasteiger partial charge >= 0.3 is 0 Å². The van der Waals surface area contributed by atoms with E-state index >= 15 is 0 Å². The van der Waals surface area contributed by atoms with Gasteiger partial charge in [0, 0.05) is 28.1 Å². The van der Waals surface area contributed by atoms with Crippen LogP contribution in [0, 0.1) is 24.0 Å². The van der Waals surface area contributed by atoms with Crippen molar-refractivity contribution in [3.63, 3.8) is 0 Å². The van der Waals surface area contributed by atoms with Gasteiger partial charge in [0.2, 0.25) is 0 Å². The number of nitro benzene ring substituents is 1. The first-order chi connectivity index (χ1) is 11.9. The molecule has 2 aromatic carbocycles. The van der Waals surface area contributed by atoms with Crippen LogP contribution in [0.5, 0.6) is 0 Å². The summed E-state index contributed by atoms with van der Waals surface area (Å²) in [5.41, 5.74) is 3.06. The smallest absolute Gasteiger partial charge is 0.270 e. The molecule has 0 atom stereocenters. The normalized spacial score (nSPS) is 10.5. The van der Waals surface area contributed by atoms with Crippen molar-refractivity contribution in [3.8, 4) is 11.3 Å². The second-order valence-corrected chi connectivity index (χ2v) is 6.75. The Bertz CT molecular complexity index is 948. The number of hydrogen-bond acceptors (Lipinski definition) is 5. The van der Waals surface area contributed by atoms with Crippen LogP contribution in [-0.4, -0.2) is 15.8 Å². The number of hydrogen-bond donors (Lipinski definition) is 1. The van der Waals surface area contributed by atoms with Crippen LogP contribution in [0.25, 0.3) is 11.3 Å². The van der Waals surface area contributed by atoms with Gasteiger partial charge in [-0.25, -0.2) is 4.98 Å². The van der Waals surface area contributed by atoms with Crippen LogP contribution in [0.1, 0.15) is 20.8 Å². The van der Waals surface area contributed by atoms with E-state index in [0.717, 1.165) is 21.7 Å². The number of thiazole rings is 1. The number of amides is 1. The Morgan fingerprint density at radius 1 is 1.16 bits per heavy atom. The molecule has 1 heterocycles. The number of benzene rings is 2. The third-order valence-electron chi connectivity index (χ3n) is 3.66. The number of nitrogens with zero attached hydrogens (tertiary/aromatic N) is 2. The molecular formula is C18H15N3O3S. The van der Waals surface area contributed by atoms with Gasteiger partial charge in [0.15, 0.2) is 5.13 Å². The lowest BCUT2D eigenvalue weighted by Gasteiger charge is -2.02. The van der Waals surface area contributed by atoms with Crippen LogP contribution in [-0.2, 0) is 0 Å². The molecule has 0 aliphatic rings. The maximum Gasteiger partial charge on any atom is 0.270 e. The van der Waals surface area contributed by atoms with Crippen molar-refractivity contribution in [3.05, 3.63) is 74.6 Å². The van der Waals surface area contributed by atoms with Crippen LogP contribution >= 0.6 is 11.3 Å². The summed E-state index contributed by atoms with van der Waals surface area (Å²) in [6, 6.07) is 13.6. The zero-order valence-electron chi connectivity index (χ0n) is 13.6. The number of non-ortho nitro benzene ring substituents is 1. The number of aromatic nitrogens is 1. The quantitative estimate of drug-likeness (QED) is 0.549. The fourth-order valence-corrected chi connectivity index (χ4v) is 3.19. The third-order valence-corrected chi connectivity index (χ3v) is 4.55. The second kappa shape index (κ2) is 6.82. The Hall–Kier alpha value is -3.06. The fourth-order valence-electron chi connectivity index (χ4n) is 2.36. The van der Waals surface area contributed by atoms with E-state index in [4.69, 9.17) is 0 Å². The molecule has 0 spiro atoms. The molecule has 0 unspecified atom stereocenters. The molecule has 3 aromatic rings. The minimum atomic E-state index is -0.528. The Balaban J connectivity index is 1.83. The van der Waals surface area contributed by atoms with Crippen LogP contribution in [0.2, 0.25) is 0 Å². The van der Waals surface area contributed by atoms with Gasteiger partial charge in [-0.1, -0.05) is 35.9 Å². The van der Waals surface area contributed by atoms with Gasteiger partial charge in [0.25, 0.3) is 11.6 Å². The van der Waals surface area contributed by atoms with Crippen molar-refractivity contribution in [1.29, 1.82) is 0 Å². The molecule has 1 N–H and O–H groups in total. The van der Waals surface area contributed by atoms with E-state index in [1.54, 1.807) is 0 Å². The number of nitro groups is 1. The van der Waals surface area contributed by atoms with Gasteiger partial charge < -0.3 is 0 Å². The summed E-state index contributed by atoms with van der Waals surface area (Å²) in [5, 5.41) is 14.0. The van der Waals surface area contributed by atoms with Gasteiger partial charge in [-0.05, 0) is 19.9 Å². The number of carbonyl (C=O) groups is 1. The first kappa shape index (κ1) is 16.8. The lowest BCUT2D eigenvalue weighted by atomic mass is 10.1. The third kappa shape index (κ3) is 3.72. The van der Waals surface area contributed by atoms with Gasteiger partial charge in [0.1, 0.15) is 0 Å². The molecule has 25 heavy (non-hydrogen) atoms. The molecule has 0 bridgehead atoms. The van der Waals surface area contributed by atoms with Crippen molar-refractivity contribution in [2.24, 2.45) is 0 Å². The average Bonchev–Trinajstić information content (AvgIpc) is 2.96. The lowest BCUT2D eigenvalue weighted by Crippen LogP contribution is -2.11. The summed E-state index contributed by atoms with van der Waals surface area (Å²) >= 11 is 1.37. The van der Waals surface area contributed by atoms with Crippen molar-refractivity contribution in [2.45, 2.75) is 13.8 Å². The first-order valence-electron chi connectivity index (χ1n) is 7.54.